The fourth-order valence-corrected chi connectivity index (χ4v) is 4.54. The van der Waals surface area contributed by atoms with Gasteiger partial charge in [-0.3, -0.25) is 4.79 Å². The van der Waals surface area contributed by atoms with Gasteiger partial charge in [0.15, 0.2) is 18.1 Å². The standard InChI is InChI=1S/C19H19NO6S/c1-23-19(22)17-12-4-2-3-5-15(12)27-18(17)20-16(21)9-24-11-6-7-13-14(8-11)26-10-25-13/h6-8H,2-5,9-10H2,1H3,(H,20,21). The first-order valence-electron chi connectivity index (χ1n) is 8.71. The third-order valence-electron chi connectivity index (χ3n) is 4.53. The number of ether oxygens (including phenoxy) is 4. The molecule has 1 aromatic heterocycles. The zero-order chi connectivity index (χ0) is 18.8. The number of carbonyl (C=O) groups is 2. The Morgan fingerprint density at radius 3 is 2.85 bits per heavy atom. The summed E-state index contributed by atoms with van der Waals surface area (Å²) in [5, 5.41) is 3.34. The van der Waals surface area contributed by atoms with Crippen LogP contribution >= 0.6 is 11.3 Å². The number of hydrogen-bond acceptors (Lipinski definition) is 7. The lowest BCUT2D eigenvalue weighted by atomic mass is 9.95. The number of hydrogen-bond donors (Lipinski definition) is 1. The van der Waals surface area contributed by atoms with E-state index in [1.807, 2.05) is 0 Å². The maximum Gasteiger partial charge on any atom is 0.341 e. The fourth-order valence-electron chi connectivity index (χ4n) is 3.25. The van der Waals surface area contributed by atoms with Crippen LogP contribution in [0.3, 0.4) is 0 Å². The van der Waals surface area contributed by atoms with Crippen LogP contribution in [0, 0.1) is 0 Å². The van der Waals surface area contributed by atoms with Crippen LogP contribution in [-0.4, -0.2) is 32.4 Å². The van der Waals surface area contributed by atoms with Crippen molar-refractivity contribution in [1.82, 2.24) is 0 Å². The molecule has 1 aliphatic heterocycles. The first kappa shape index (κ1) is 17.7. The minimum atomic E-state index is -0.415. The predicted octanol–water partition coefficient (Wildman–Crippen LogP) is 3.16. The molecular weight excluding hydrogens is 370 g/mol. The molecule has 0 saturated carbocycles. The molecule has 0 atom stereocenters. The quantitative estimate of drug-likeness (QED) is 0.791. The summed E-state index contributed by atoms with van der Waals surface area (Å²) in [6.45, 7) is 0.00143. The molecule has 1 amide bonds. The van der Waals surface area contributed by atoms with E-state index < -0.39 is 5.97 Å². The van der Waals surface area contributed by atoms with Crippen LogP contribution in [0.4, 0.5) is 5.00 Å². The molecular formula is C19H19NO6S. The minimum absolute atomic E-state index is 0.178. The number of aryl methyl sites for hydroxylation is 1. The molecule has 7 nitrogen and oxygen atoms in total. The number of benzene rings is 1. The molecule has 0 saturated heterocycles. The molecule has 1 N–H and O–H groups in total. The van der Waals surface area contributed by atoms with Crippen molar-refractivity contribution in [1.29, 1.82) is 0 Å². The molecule has 0 bridgehead atoms. The minimum Gasteiger partial charge on any atom is -0.484 e. The molecule has 1 aromatic carbocycles. The summed E-state index contributed by atoms with van der Waals surface area (Å²) in [5.41, 5.74) is 1.48. The van der Waals surface area contributed by atoms with Crippen LogP contribution in [0.5, 0.6) is 17.2 Å². The molecule has 0 radical (unpaired) electrons. The average molecular weight is 389 g/mol. The van der Waals surface area contributed by atoms with Crippen LogP contribution in [-0.2, 0) is 22.4 Å². The van der Waals surface area contributed by atoms with Crippen LogP contribution in [0.15, 0.2) is 18.2 Å². The molecule has 0 unspecified atom stereocenters. The van der Waals surface area contributed by atoms with E-state index in [9.17, 15) is 9.59 Å². The fraction of sp³-hybridized carbons (Fsp3) is 0.368. The first-order valence-corrected chi connectivity index (χ1v) is 9.52. The van der Waals surface area contributed by atoms with Gasteiger partial charge in [-0.05, 0) is 43.4 Å². The van der Waals surface area contributed by atoms with E-state index in [2.05, 4.69) is 5.32 Å². The zero-order valence-corrected chi connectivity index (χ0v) is 15.6. The van der Waals surface area contributed by atoms with Gasteiger partial charge < -0.3 is 24.3 Å². The van der Waals surface area contributed by atoms with Gasteiger partial charge >= 0.3 is 5.97 Å². The van der Waals surface area contributed by atoms with Gasteiger partial charge in [0.1, 0.15) is 10.8 Å². The summed E-state index contributed by atoms with van der Waals surface area (Å²) < 4.78 is 21.0. The number of fused-ring (bicyclic) bond motifs is 2. The van der Waals surface area contributed by atoms with Gasteiger partial charge in [0.25, 0.3) is 5.91 Å². The lowest BCUT2D eigenvalue weighted by Gasteiger charge is -2.12. The van der Waals surface area contributed by atoms with Crippen LogP contribution < -0.4 is 19.5 Å². The molecule has 142 valence electrons. The third-order valence-corrected chi connectivity index (χ3v) is 5.73. The maximum atomic E-state index is 12.4. The Bertz CT molecular complexity index is 891. The maximum absolute atomic E-state index is 12.4. The highest BCUT2D eigenvalue weighted by molar-refractivity contribution is 7.17. The van der Waals surface area contributed by atoms with Gasteiger partial charge in [-0.25, -0.2) is 4.79 Å². The lowest BCUT2D eigenvalue weighted by Crippen LogP contribution is -2.21. The van der Waals surface area contributed by atoms with Gasteiger partial charge in [0, 0.05) is 10.9 Å². The summed E-state index contributed by atoms with van der Waals surface area (Å²) >= 11 is 1.45. The molecule has 0 fully saturated rings. The number of esters is 1. The molecule has 4 rings (SSSR count). The molecule has 27 heavy (non-hydrogen) atoms. The Labute approximate surface area is 160 Å². The highest BCUT2D eigenvalue weighted by atomic mass is 32.1. The van der Waals surface area contributed by atoms with Crippen molar-refractivity contribution in [3.05, 3.63) is 34.2 Å². The van der Waals surface area contributed by atoms with Crippen molar-refractivity contribution in [2.75, 3.05) is 25.8 Å². The summed E-state index contributed by atoms with van der Waals surface area (Å²) in [7, 11) is 1.35. The summed E-state index contributed by atoms with van der Waals surface area (Å²) in [4.78, 5) is 25.7. The zero-order valence-electron chi connectivity index (χ0n) is 14.8. The average Bonchev–Trinajstić information content (AvgIpc) is 3.29. The molecule has 2 heterocycles. The van der Waals surface area contributed by atoms with E-state index in [1.54, 1.807) is 18.2 Å². The lowest BCUT2D eigenvalue weighted by molar-refractivity contribution is -0.118. The highest BCUT2D eigenvalue weighted by Crippen LogP contribution is 2.38. The number of methoxy groups -OCH3 is 1. The first-order chi connectivity index (χ1) is 13.2. The Balaban J connectivity index is 1.45. The molecule has 2 aliphatic rings. The van der Waals surface area contributed by atoms with E-state index in [4.69, 9.17) is 18.9 Å². The van der Waals surface area contributed by atoms with Gasteiger partial charge in [0.2, 0.25) is 6.79 Å². The van der Waals surface area contributed by atoms with Crippen molar-refractivity contribution < 1.29 is 28.5 Å². The van der Waals surface area contributed by atoms with Gasteiger partial charge in [-0.2, -0.15) is 0 Å². The number of rotatable bonds is 5. The van der Waals surface area contributed by atoms with Crippen LogP contribution in [0.25, 0.3) is 0 Å². The second kappa shape index (κ2) is 7.48. The van der Waals surface area contributed by atoms with E-state index >= 15 is 0 Å². The number of thiophene rings is 1. The van der Waals surface area contributed by atoms with Gasteiger partial charge in [-0.1, -0.05) is 0 Å². The second-order valence-corrected chi connectivity index (χ2v) is 7.36. The van der Waals surface area contributed by atoms with Crippen molar-refractivity contribution in [2.45, 2.75) is 25.7 Å². The van der Waals surface area contributed by atoms with Crippen molar-refractivity contribution >= 4 is 28.2 Å². The van der Waals surface area contributed by atoms with E-state index in [0.717, 1.165) is 36.1 Å². The molecule has 2 aromatic rings. The smallest absolute Gasteiger partial charge is 0.341 e. The number of carbonyl (C=O) groups excluding carboxylic acids is 2. The topological polar surface area (TPSA) is 83.1 Å². The van der Waals surface area contributed by atoms with Crippen molar-refractivity contribution in [2.24, 2.45) is 0 Å². The molecule has 1 aliphatic carbocycles. The van der Waals surface area contributed by atoms with E-state index in [-0.39, 0.29) is 19.3 Å². The Hall–Kier alpha value is -2.74. The second-order valence-electron chi connectivity index (χ2n) is 6.26. The summed E-state index contributed by atoms with van der Waals surface area (Å²) in [5.74, 6) is 0.997. The Morgan fingerprint density at radius 1 is 1.19 bits per heavy atom. The van der Waals surface area contributed by atoms with Crippen molar-refractivity contribution in [3.8, 4) is 17.2 Å². The molecule has 8 heteroatoms. The number of nitrogens with one attached hydrogen (secondary N) is 1. The Morgan fingerprint density at radius 2 is 2.00 bits per heavy atom. The monoisotopic (exact) mass is 389 g/mol. The normalized spacial score (nSPS) is 14.4. The number of amides is 1. The summed E-state index contributed by atoms with van der Waals surface area (Å²) in [6.07, 6.45) is 3.89. The van der Waals surface area contributed by atoms with E-state index in [1.165, 1.54) is 18.4 Å². The van der Waals surface area contributed by atoms with Gasteiger partial charge in [-0.15, -0.1) is 11.3 Å². The number of anilines is 1. The predicted molar refractivity (Wildman–Crippen MR) is 99.0 cm³/mol. The SMILES string of the molecule is COC(=O)c1c(NC(=O)COc2ccc3c(c2)OCO3)sc2c1CCCC2. The summed E-state index contributed by atoms with van der Waals surface area (Å²) in [6, 6.07) is 5.13. The van der Waals surface area contributed by atoms with E-state index in [0.29, 0.717) is 27.8 Å². The van der Waals surface area contributed by atoms with Crippen LogP contribution in [0.2, 0.25) is 0 Å². The molecule has 0 spiro atoms. The highest BCUT2D eigenvalue weighted by Gasteiger charge is 2.27. The third kappa shape index (κ3) is 3.57. The van der Waals surface area contributed by atoms with Crippen molar-refractivity contribution in [3.63, 3.8) is 0 Å². The van der Waals surface area contributed by atoms with Crippen LogP contribution in [0.1, 0.15) is 33.6 Å². The van der Waals surface area contributed by atoms with Gasteiger partial charge in [0.05, 0.1) is 12.7 Å². The largest absolute Gasteiger partial charge is 0.484 e. The Kier molecular flexibility index (Phi) is 4.89.